The van der Waals surface area contributed by atoms with Crippen molar-refractivity contribution in [2.45, 2.75) is 25.9 Å². The summed E-state index contributed by atoms with van der Waals surface area (Å²) >= 11 is 5.92. The van der Waals surface area contributed by atoms with Crippen molar-refractivity contribution in [2.75, 3.05) is 33.4 Å². The Labute approximate surface area is 127 Å². The maximum absolute atomic E-state index is 5.92. The molecule has 20 heavy (non-hydrogen) atoms. The molecule has 0 spiro atoms. The lowest BCUT2D eigenvalue weighted by atomic mass is 9.95. The molecule has 1 saturated heterocycles. The van der Waals surface area contributed by atoms with Crippen molar-refractivity contribution < 1.29 is 4.74 Å². The Kier molecular flexibility index (Phi) is 6.30. The third-order valence-electron chi connectivity index (χ3n) is 3.85. The van der Waals surface area contributed by atoms with Crippen LogP contribution in [0.5, 0.6) is 0 Å². The fourth-order valence-corrected chi connectivity index (χ4v) is 3.00. The molecular formula is C16H25ClN2O. The van der Waals surface area contributed by atoms with Gasteiger partial charge in [-0.1, -0.05) is 30.7 Å². The summed E-state index contributed by atoms with van der Waals surface area (Å²) in [7, 11) is 2.17. The molecule has 1 aliphatic rings. The average molecular weight is 297 g/mol. The van der Waals surface area contributed by atoms with E-state index in [0.29, 0.717) is 12.0 Å². The van der Waals surface area contributed by atoms with Crippen LogP contribution in [0, 0.1) is 5.92 Å². The van der Waals surface area contributed by atoms with Crippen LogP contribution in [0.3, 0.4) is 0 Å². The van der Waals surface area contributed by atoms with E-state index in [0.717, 1.165) is 44.3 Å². The van der Waals surface area contributed by atoms with Gasteiger partial charge in [-0.05, 0) is 37.7 Å². The van der Waals surface area contributed by atoms with Crippen molar-refractivity contribution in [3.8, 4) is 0 Å². The minimum absolute atomic E-state index is 0.570. The number of halogens is 1. The Balaban J connectivity index is 1.85. The molecule has 2 rings (SSSR count). The first-order chi connectivity index (χ1) is 9.69. The predicted molar refractivity (Wildman–Crippen MR) is 84.2 cm³/mol. The lowest BCUT2D eigenvalue weighted by Gasteiger charge is -2.34. The highest BCUT2D eigenvalue weighted by atomic mass is 35.5. The molecule has 2 atom stereocenters. The zero-order valence-corrected chi connectivity index (χ0v) is 13.2. The third-order valence-corrected chi connectivity index (χ3v) is 4.10. The number of rotatable bonds is 6. The fourth-order valence-electron chi connectivity index (χ4n) is 2.87. The second-order valence-corrected chi connectivity index (χ2v) is 6.05. The summed E-state index contributed by atoms with van der Waals surface area (Å²) in [6, 6.07) is 8.68. The molecule has 1 N–H and O–H groups in total. The molecule has 0 amide bonds. The second-order valence-electron chi connectivity index (χ2n) is 5.61. The van der Waals surface area contributed by atoms with Crippen LogP contribution >= 0.6 is 11.6 Å². The minimum Gasteiger partial charge on any atom is -0.381 e. The van der Waals surface area contributed by atoms with Gasteiger partial charge in [0.2, 0.25) is 0 Å². The molecule has 1 fully saturated rings. The molecule has 0 saturated carbocycles. The van der Waals surface area contributed by atoms with Crippen LogP contribution in [0.4, 0.5) is 0 Å². The van der Waals surface area contributed by atoms with Gasteiger partial charge in [0.15, 0.2) is 0 Å². The first-order valence-corrected chi connectivity index (χ1v) is 7.81. The van der Waals surface area contributed by atoms with Gasteiger partial charge in [0.1, 0.15) is 0 Å². The average Bonchev–Trinajstić information content (AvgIpc) is 2.44. The van der Waals surface area contributed by atoms with Crippen molar-refractivity contribution in [3.05, 3.63) is 34.9 Å². The molecule has 0 aliphatic carbocycles. The van der Waals surface area contributed by atoms with Gasteiger partial charge in [-0.3, -0.25) is 0 Å². The summed E-state index contributed by atoms with van der Waals surface area (Å²) < 4.78 is 5.64. The van der Waals surface area contributed by atoms with E-state index in [1.54, 1.807) is 0 Å². The van der Waals surface area contributed by atoms with Crippen molar-refractivity contribution in [2.24, 2.45) is 5.92 Å². The van der Waals surface area contributed by atoms with Gasteiger partial charge in [-0.2, -0.15) is 0 Å². The molecule has 0 radical (unpaired) electrons. The highest BCUT2D eigenvalue weighted by molar-refractivity contribution is 6.30. The quantitative estimate of drug-likeness (QED) is 0.874. The number of benzene rings is 1. The summed E-state index contributed by atoms with van der Waals surface area (Å²) in [5.41, 5.74) is 1.30. The summed E-state index contributed by atoms with van der Waals surface area (Å²) in [6.07, 6.45) is 1.12. The van der Waals surface area contributed by atoms with Gasteiger partial charge in [0.05, 0.1) is 6.61 Å². The van der Waals surface area contributed by atoms with E-state index >= 15 is 0 Å². The van der Waals surface area contributed by atoms with E-state index < -0.39 is 0 Å². The number of hydrogen-bond acceptors (Lipinski definition) is 3. The Hall–Kier alpha value is -0.610. The van der Waals surface area contributed by atoms with Crippen LogP contribution in [0.2, 0.25) is 5.02 Å². The molecule has 4 heteroatoms. The van der Waals surface area contributed by atoms with Crippen LogP contribution in [0.1, 0.15) is 18.9 Å². The van der Waals surface area contributed by atoms with Crippen LogP contribution in [-0.2, 0) is 11.3 Å². The molecular weight excluding hydrogens is 272 g/mol. The first-order valence-electron chi connectivity index (χ1n) is 7.43. The van der Waals surface area contributed by atoms with E-state index in [4.69, 9.17) is 16.3 Å². The van der Waals surface area contributed by atoms with Crippen molar-refractivity contribution in [1.29, 1.82) is 0 Å². The Morgan fingerprint density at radius 3 is 2.80 bits per heavy atom. The van der Waals surface area contributed by atoms with Gasteiger partial charge in [0.25, 0.3) is 0 Å². The van der Waals surface area contributed by atoms with Gasteiger partial charge in [0, 0.05) is 36.7 Å². The zero-order chi connectivity index (χ0) is 14.4. The van der Waals surface area contributed by atoms with Crippen LogP contribution in [0.15, 0.2) is 24.3 Å². The van der Waals surface area contributed by atoms with E-state index in [1.807, 2.05) is 12.1 Å². The highest BCUT2D eigenvalue weighted by Crippen LogP contribution is 2.17. The van der Waals surface area contributed by atoms with Gasteiger partial charge >= 0.3 is 0 Å². The first kappa shape index (κ1) is 15.8. The molecule has 0 aromatic heterocycles. The van der Waals surface area contributed by atoms with E-state index in [2.05, 4.69) is 36.3 Å². The van der Waals surface area contributed by atoms with Crippen molar-refractivity contribution in [3.63, 3.8) is 0 Å². The number of hydrogen-bond donors (Lipinski definition) is 1. The fraction of sp³-hybridized carbons (Fsp3) is 0.625. The Morgan fingerprint density at radius 2 is 2.10 bits per heavy atom. The Morgan fingerprint density at radius 1 is 1.35 bits per heavy atom. The summed E-state index contributed by atoms with van der Waals surface area (Å²) in [5.74, 6) is 0.570. The normalized spacial score (nSPS) is 23.2. The van der Waals surface area contributed by atoms with Crippen LogP contribution in [-0.4, -0.2) is 44.3 Å². The van der Waals surface area contributed by atoms with Gasteiger partial charge < -0.3 is 15.0 Å². The van der Waals surface area contributed by atoms with Gasteiger partial charge in [-0.15, -0.1) is 0 Å². The van der Waals surface area contributed by atoms with Crippen molar-refractivity contribution in [1.82, 2.24) is 10.2 Å². The van der Waals surface area contributed by atoms with E-state index in [-0.39, 0.29) is 0 Å². The van der Waals surface area contributed by atoms with Crippen LogP contribution < -0.4 is 5.32 Å². The summed E-state index contributed by atoms with van der Waals surface area (Å²) in [5, 5.41) is 4.38. The standard InChI is InChI=1S/C16H25ClN2O/c1-3-18-16-8-9-20-12-14(16)11-19(2)10-13-4-6-15(17)7-5-13/h4-7,14,16,18H,3,8-12H2,1-2H3. The molecule has 1 heterocycles. The number of nitrogens with zero attached hydrogens (tertiary/aromatic N) is 1. The molecule has 1 aromatic rings. The lowest BCUT2D eigenvalue weighted by Crippen LogP contribution is -2.47. The molecule has 112 valence electrons. The topological polar surface area (TPSA) is 24.5 Å². The molecule has 0 bridgehead atoms. The maximum atomic E-state index is 5.92. The second kappa shape index (κ2) is 7.99. The minimum atomic E-state index is 0.570. The van der Waals surface area contributed by atoms with E-state index in [1.165, 1.54) is 5.56 Å². The van der Waals surface area contributed by atoms with Gasteiger partial charge in [-0.25, -0.2) is 0 Å². The number of nitrogens with one attached hydrogen (secondary N) is 1. The number of ether oxygens (including phenoxy) is 1. The molecule has 3 nitrogen and oxygen atoms in total. The summed E-state index contributed by atoms with van der Waals surface area (Å²) in [4.78, 5) is 2.37. The summed E-state index contributed by atoms with van der Waals surface area (Å²) in [6.45, 7) is 6.95. The maximum Gasteiger partial charge on any atom is 0.0521 e. The molecule has 1 aliphatic heterocycles. The largest absolute Gasteiger partial charge is 0.381 e. The van der Waals surface area contributed by atoms with Crippen LogP contribution in [0.25, 0.3) is 0 Å². The van der Waals surface area contributed by atoms with Crippen molar-refractivity contribution >= 4 is 11.6 Å². The third kappa shape index (κ3) is 4.74. The monoisotopic (exact) mass is 296 g/mol. The predicted octanol–water partition coefficient (Wildman–Crippen LogP) is 2.79. The smallest absolute Gasteiger partial charge is 0.0521 e. The Bertz CT molecular complexity index is 394. The zero-order valence-electron chi connectivity index (χ0n) is 12.4. The molecule has 2 unspecified atom stereocenters. The SMILES string of the molecule is CCNC1CCOCC1CN(C)Cc1ccc(Cl)cc1. The highest BCUT2D eigenvalue weighted by Gasteiger charge is 2.25. The van der Waals surface area contributed by atoms with E-state index in [9.17, 15) is 0 Å². The lowest BCUT2D eigenvalue weighted by molar-refractivity contribution is 0.0193. The molecule has 1 aromatic carbocycles.